The standard InChI is InChI=1S/C45H68N18O7/c1-30(2)19-37(49-42(66)15-9-34-23-60(56-53-34)22-32(47)5-3-4-18-46)27-61-25-35(54-58-61)11-17-44(68)51-39(21-45(69)70)29-63-26-36(55-59-63)10-16-43(67)50-38(20-31-6-12-40(64)13-7-31)28-62-24-33(52-57-62)8-14-41(48)65/h6-7,12-13,23-26,30,32,37-39,64H,3-5,8-11,14-22,27-29,46-47H2,1-2H3,(H2,48,65)(H,49,66)(H,50,67)(H,51,68)(H,69,70)/t32-,37-,38-,39-/m0/s1. The fourth-order valence-electron chi connectivity index (χ4n) is 7.80. The minimum atomic E-state index is -1.11. The van der Waals surface area contributed by atoms with Crippen LogP contribution >= 0.6 is 0 Å². The number of carboxylic acids is 1. The number of nitrogens with zero attached hydrogens (tertiary/aromatic N) is 12. The number of amides is 4. The summed E-state index contributed by atoms with van der Waals surface area (Å²) in [6.07, 6.45) is 12.1. The largest absolute Gasteiger partial charge is 0.508 e. The molecule has 4 aromatic heterocycles. The molecular weight excluding hydrogens is 905 g/mol. The number of primary amides is 1. The first kappa shape index (κ1) is 53.8. The van der Waals surface area contributed by atoms with Crippen LogP contribution in [0, 0.1) is 5.92 Å². The Hall–Kier alpha value is -7.15. The van der Waals surface area contributed by atoms with E-state index in [1.165, 1.54) is 4.68 Å². The summed E-state index contributed by atoms with van der Waals surface area (Å²) in [6.45, 7) is 6.01. The molecular formula is C45H68N18O7. The molecule has 0 saturated carbocycles. The van der Waals surface area contributed by atoms with Crippen LogP contribution in [0.1, 0.15) is 100.0 Å². The first-order valence-corrected chi connectivity index (χ1v) is 23.7. The highest BCUT2D eigenvalue weighted by molar-refractivity contribution is 5.78. The van der Waals surface area contributed by atoms with Crippen molar-refractivity contribution in [1.82, 2.24) is 75.9 Å². The summed E-state index contributed by atoms with van der Waals surface area (Å²) >= 11 is 0. The van der Waals surface area contributed by atoms with Crippen molar-refractivity contribution in [3.05, 3.63) is 77.4 Å². The molecule has 5 aromatic rings. The molecule has 11 N–H and O–H groups in total. The molecule has 70 heavy (non-hydrogen) atoms. The van der Waals surface area contributed by atoms with E-state index in [4.69, 9.17) is 17.2 Å². The summed E-state index contributed by atoms with van der Waals surface area (Å²) in [5.74, 6) is -1.92. The van der Waals surface area contributed by atoms with Crippen molar-refractivity contribution in [2.45, 2.75) is 154 Å². The maximum Gasteiger partial charge on any atom is 0.305 e. The molecule has 0 unspecified atom stereocenters. The predicted molar refractivity (Wildman–Crippen MR) is 253 cm³/mol. The highest BCUT2D eigenvalue weighted by Gasteiger charge is 2.21. The molecule has 0 aliphatic heterocycles. The van der Waals surface area contributed by atoms with E-state index in [-0.39, 0.29) is 93.6 Å². The minimum absolute atomic E-state index is 0.0185. The Bertz CT molecular complexity index is 2410. The van der Waals surface area contributed by atoms with Crippen LogP contribution in [0.5, 0.6) is 5.75 Å². The summed E-state index contributed by atoms with van der Waals surface area (Å²) in [5.41, 5.74) is 20.3. The van der Waals surface area contributed by atoms with Gasteiger partial charge in [-0.25, -0.2) is 0 Å². The van der Waals surface area contributed by atoms with Gasteiger partial charge in [-0.15, -0.1) is 20.4 Å². The SMILES string of the molecule is CC(C)C[C@@H](Cn1cc(CCC(=O)N[C@@H](CC(=O)O)Cn2cc(CCC(=O)N[C@@H](Cc3ccc(O)cc3)Cn3cc(CCC(N)=O)nn3)nn2)nn1)NC(=O)CCc1cn(C[C@@H](N)CCCCN)nn1. The molecule has 1 aromatic carbocycles. The number of phenols is 1. The topological polar surface area (TPSA) is 363 Å². The smallest absolute Gasteiger partial charge is 0.305 e. The van der Waals surface area contributed by atoms with Gasteiger partial charge in [-0.05, 0) is 55.8 Å². The molecule has 0 aliphatic carbocycles. The summed E-state index contributed by atoms with van der Waals surface area (Å²) in [4.78, 5) is 62.4. The molecule has 0 bridgehead atoms. The van der Waals surface area contributed by atoms with E-state index in [1.807, 2.05) is 6.20 Å². The first-order valence-electron chi connectivity index (χ1n) is 23.7. The van der Waals surface area contributed by atoms with Gasteiger partial charge in [0.2, 0.25) is 23.6 Å². The van der Waals surface area contributed by atoms with Gasteiger partial charge in [0.1, 0.15) is 5.75 Å². The van der Waals surface area contributed by atoms with Crippen LogP contribution < -0.4 is 33.2 Å². The Balaban J connectivity index is 1.06. The average Bonchev–Trinajstić information content (AvgIpc) is 4.13. The van der Waals surface area contributed by atoms with Crippen molar-refractivity contribution >= 4 is 29.6 Å². The van der Waals surface area contributed by atoms with E-state index < -0.39 is 24.0 Å². The molecule has 25 heteroatoms. The average molecular weight is 973 g/mol. The van der Waals surface area contributed by atoms with Gasteiger partial charge in [0, 0.05) is 88.2 Å². The third-order valence-electron chi connectivity index (χ3n) is 11.2. The fourth-order valence-corrected chi connectivity index (χ4v) is 7.80. The van der Waals surface area contributed by atoms with Crippen LogP contribution in [0.2, 0.25) is 0 Å². The van der Waals surface area contributed by atoms with Crippen LogP contribution in [0.15, 0.2) is 49.1 Å². The zero-order valence-electron chi connectivity index (χ0n) is 40.0. The molecule has 0 radical (unpaired) electrons. The monoisotopic (exact) mass is 973 g/mol. The van der Waals surface area contributed by atoms with Gasteiger partial charge in [-0.2, -0.15) is 0 Å². The second-order valence-corrected chi connectivity index (χ2v) is 18.1. The van der Waals surface area contributed by atoms with Crippen LogP contribution in [-0.2, 0) is 82.3 Å². The maximum atomic E-state index is 13.2. The van der Waals surface area contributed by atoms with Gasteiger partial charge >= 0.3 is 5.97 Å². The number of carboxylic acid groups (broad SMARTS) is 1. The van der Waals surface area contributed by atoms with Crippen molar-refractivity contribution in [1.29, 1.82) is 0 Å². The Morgan fingerprint density at radius 2 is 1.04 bits per heavy atom. The molecule has 5 rings (SSSR count). The van der Waals surface area contributed by atoms with Crippen LogP contribution in [0.25, 0.3) is 0 Å². The highest BCUT2D eigenvalue weighted by atomic mass is 16.4. The number of nitrogens with one attached hydrogen (secondary N) is 3. The minimum Gasteiger partial charge on any atom is -0.508 e. The van der Waals surface area contributed by atoms with Gasteiger partial charge in [-0.3, -0.25) is 42.7 Å². The van der Waals surface area contributed by atoms with Crippen molar-refractivity contribution in [2.75, 3.05) is 6.54 Å². The van der Waals surface area contributed by atoms with E-state index in [9.17, 15) is 34.2 Å². The molecule has 0 spiro atoms. The normalized spacial score (nSPS) is 13.2. The fraction of sp³-hybridized carbons (Fsp3) is 0.578. The number of aryl methyl sites for hydroxylation is 4. The van der Waals surface area contributed by atoms with Gasteiger partial charge in [0.15, 0.2) is 0 Å². The zero-order chi connectivity index (χ0) is 50.4. The number of phenolic OH excluding ortho intramolecular Hbond substituents is 1. The molecule has 380 valence electrons. The number of benzene rings is 1. The lowest BCUT2D eigenvalue weighted by Gasteiger charge is -2.20. The maximum absolute atomic E-state index is 13.2. The van der Waals surface area contributed by atoms with Crippen molar-refractivity contribution in [2.24, 2.45) is 23.1 Å². The first-order chi connectivity index (χ1) is 33.6. The third kappa shape index (κ3) is 20.2. The Morgan fingerprint density at radius 3 is 1.50 bits per heavy atom. The molecule has 0 aliphatic rings. The van der Waals surface area contributed by atoms with E-state index in [0.717, 1.165) is 24.8 Å². The number of unbranched alkanes of at least 4 members (excludes halogenated alkanes) is 1. The van der Waals surface area contributed by atoms with E-state index in [0.29, 0.717) is 74.0 Å². The Kier molecular flexibility index (Phi) is 21.3. The van der Waals surface area contributed by atoms with Gasteiger partial charge in [0.25, 0.3) is 0 Å². The highest BCUT2D eigenvalue weighted by Crippen LogP contribution is 2.14. The number of carbonyl (C=O) groups excluding carboxylic acids is 4. The summed E-state index contributed by atoms with van der Waals surface area (Å²) in [6, 6.07) is 5.17. The van der Waals surface area contributed by atoms with Crippen molar-refractivity contribution < 1.29 is 34.2 Å². The summed E-state index contributed by atoms with van der Waals surface area (Å²) < 4.78 is 6.37. The lowest BCUT2D eigenvalue weighted by atomic mass is 10.0. The van der Waals surface area contributed by atoms with Crippen LogP contribution in [0.3, 0.4) is 0 Å². The Morgan fingerprint density at radius 1 is 0.614 bits per heavy atom. The van der Waals surface area contributed by atoms with Crippen LogP contribution in [-0.4, -0.2) is 130 Å². The molecule has 0 saturated heterocycles. The third-order valence-corrected chi connectivity index (χ3v) is 11.2. The molecule has 25 nitrogen and oxygen atoms in total. The van der Waals surface area contributed by atoms with Crippen LogP contribution in [0.4, 0.5) is 0 Å². The van der Waals surface area contributed by atoms with Gasteiger partial charge < -0.3 is 43.4 Å². The van der Waals surface area contributed by atoms with Crippen molar-refractivity contribution in [3.8, 4) is 5.75 Å². The number of nitrogens with two attached hydrogens (primary N) is 3. The van der Waals surface area contributed by atoms with Crippen molar-refractivity contribution in [3.63, 3.8) is 0 Å². The van der Waals surface area contributed by atoms with Gasteiger partial charge in [0.05, 0.1) is 67.5 Å². The number of aromatic hydroxyl groups is 1. The lowest BCUT2D eigenvalue weighted by molar-refractivity contribution is -0.138. The second-order valence-electron chi connectivity index (χ2n) is 18.1. The number of rotatable bonds is 33. The molecule has 4 atom stereocenters. The van der Waals surface area contributed by atoms with E-state index in [1.54, 1.807) is 56.9 Å². The quantitative estimate of drug-likeness (QED) is 0.0251. The summed E-state index contributed by atoms with van der Waals surface area (Å²) in [7, 11) is 0. The number of aliphatic carboxylic acids is 1. The number of carbonyl (C=O) groups is 5. The summed E-state index contributed by atoms with van der Waals surface area (Å²) in [5, 5.41) is 61.7. The number of hydrogen-bond acceptors (Lipinski definition) is 16. The zero-order valence-corrected chi connectivity index (χ0v) is 40.0. The molecule has 4 heterocycles. The number of aromatic nitrogens is 12. The molecule has 4 amide bonds. The Labute approximate surface area is 405 Å². The number of hydrogen-bond donors (Lipinski definition) is 8. The predicted octanol–water partition coefficient (Wildman–Crippen LogP) is -0.251. The molecule has 0 fully saturated rings. The van der Waals surface area contributed by atoms with E-state index >= 15 is 0 Å². The lowest BCUT2D eigenvalue weighted by Crippen LogP contribution is -2.40. The van der Waals surface area contributed by atoms with Gasteiger partial charge in [-0.1, -0.05) is 53.3 Å². The van der Waals surface area contributed by atoms with E-state index in [2.05, 4.69) is 71.0 Å². The second kappa shape index (κ2) is 27.7.